The maximum absolute atomic E-state index is 12.8. The Balaban J connectivity index is 0.000000224. The number of nitriles is 1. The van der Waals surface area contributed by atoms with Crippen LogP contribution >= 0.6 is 11.6 Å². The van der Waals surface area contributed by atoms with Gasteiger partial charge in [-0.3, -0.25) is 4.79 Å². The molecule has 0 saturated carbocycles. The lowest BCUT2D eigenvalue weighted by Gasteiger charge is -2.32. The van der Waals surface area contributed by atoms with Crippen LogP contribution in [0, 0.1) is 11.3 Å². The van der Waals surface area contributed by atoms with Crippen molar-refractivity contribution in [1.82, 2.24) is 20.3 Å². The van der Waals surface area contributed by atoms with Crippen LogP contribution in [-0.2, 0) is 35.7 Å². The van der Waals surface area contributed by atoms with Crippen molar-refractivity contribution >= 4 is 57.4 Å². The number of fused-ring (bicyclic) bond motifs is 3. The minimum atomic E-state index is -0.517. The average molecular weight is 815 g/mol. The van der Waals surface area contributed by atoms with Crippen LogP contribution in [-0.4, -0.2) is 64.8 Å². The minimum absolute atomic E-state index is 0.00138. The van der Waals surface area contributed by atoms with Crippen LogP contribution in [0.5, 0.6) is 5.75 Å². The van der Waals surface area contributed by atoms with E-state index in [2.05, 4.69) is 34.7 Å². The third-order valence-electron chi connectivity index (χ3n) is 9.33. The number of ether oxygens (including phenoxy) is 2. The molecule has 1 amide bonds. The number of rotatable bonds is 11. The van der Waals surface area contributed by atoms with Crippen molar-refractivity contribution in [1.29, 1.82) is 5.26 Å². The molecule has 2 heterocycles. The van der Waals surface area contributed by atoms with E-state index in [1.807, 2.05) is 93.4 Å². The summed E-state index contributed by atoms with van der Waals surface area (Å²) in [5, 5.41) is 33.0. The molecule has 0 fully saturated rings. The maximum atomic E-state index is 12.8. The number of benzene rings is 4. The van der Waals surface area contributed by atoms with Gasteiger partial charge in [0.05, 0.1) is 13.2 Å². The fourth-order valence-corrected chi connectivity index (χ4v) is 6.51. The number of esters is 2. The highest BCUT2D eigenvalue weighted by Gasteiger charge is 2.29. The van der Waals surface area contributed by atoms with E-state index < -0.39 is 11.9 Å². The van der Waals surface area contributed by atoms with Crippen molar-refractivity contribution in [3.63, 3.8) is 0 Å². The number of nitrogens with zero attached hydrogens (tertiary/aromatic N) is 5. The van der Waals surface area contributed by atoms with Crippen molar-refractivity contribution in [3.8, 4) is 17.5 Å². The first-order chi connectivity index (χ1) is 28.0. The average Bonchev–Trinajstić information content (AvgIpc) is 3.62. The van der Waals surface area contributed by atoms with Crippen molar-refractivity contribution in [2.75, 3.05) is 31.7 Å². The number of aromatic hydroxyl groups is 1. The van der Waals surface area contributed by atoms with Crippen LogP contribution in [0.2, 0.25) is 5.02 Å². The second-order valence-corrected chi connectivity index (χ2v) is 15.5. The van der Waals surface area contributed by atoms with Crippen LogP contribution in [0.4, 0.5) is 11.4 Å². The smallest absolute Gasteiger partial charge is 0.333 e. The molecule has 1 aliphatic heterocycles. The Morgan fingerprint density at radius 1 is 0.847 bits per heavy atom. The van der Waals surface area contributed by atoms with Gasteiger partial charge in [-0.25, -0.2) is 9.59 Å². The van der Waals surface area contributed by atoms with Crippen molar-refractivity contribution in [3.05, 3.63) is 136 Å². The van der Waals surface area contributed by atoms with E-state index in [1.165, 1.54) is 4.80 Å². The summed E-state index contributed by atoms with van der Waals surface area (Å²) >= 11 is 6.06. The number of amides is 1. The Morgan fingerprint density at radius 2 is 1.42 bits per heavy atom. The highest BCUT2D eigenvalue weighted by atomic mass is 35.5. The molecule has 4 aromatic carbocycles. The van der Waals surface area contributed by atoms with Gasteiger partial charge in [-0.15, -0.1) is 15.0 Å². The standard InChI is InChI=1S/C23H26ClN3O3.C23H21N3O3/c1-14(2)22(29)30-10-6-7-15-11-17(23(3,4)5)21(28)20(12-15)27-25-18-9-8-16(24)13-19(18)26-27;1-15(2)23(28)29-13-12-25-22(27)18(14-24)21-16-8-4-6-10-19(16)26(3)20-11-7-5-9-17(20)21/h8-9,11-13,28H,1,6-7,10H2,2-5H3;4-11H,1,12-13H2,2-3H3,(H,25,27). The molecule has 0 aliphatic carbocycles. The first-order valence-electron chi connectivity index (χ1n) is 18.9. The molecule has 304 valence electrons. The topological polar surface area (TPSA) is 160 Å². The minimum Gasteiger partial charge on any atom is -0.505 e. The lowest BCUT2D eigenvalue weighted by Crippen LogP contribution is -2.30. The van der Waals surface area contributed by atoms with Gasteiger partial charge in [-0.2, -0.15) is 5.26 Å². The molecule has 5 aromatic rings. The largest absolute Gasteiger partial charge is 0.505 e. The summed E-state index contributed by atoms with van der Waals surface area (Å²) in [6.45, 7) is 16.8. The predicted octanol–water partition coefficient (Wildman–Crippen LogP) is 8.46. The number of aryl methyl sites for hydroxylation is 1. The molecule has 2 N–H and O–H groups in total. The third kappa shape index (κ3) is 10.2. The number of anilines is 2. The monoisotopic (exact) mass is 814 g/mol. The molecule has 0 atom stereocenters. The number of hydrogen-bond donors (Lipinski definition) is 2. The Labute approximate surface area is 349 Å². The maximum Gasteiger partial charge on any atom is 0.333 e. The van der Waals surface area contributed by atoms with Gasteiger partial charge < -0.3 is 24.8 Å². The lowest BCUT2D eigenvalue weighted by atomic mass is 9.84. The summed E-state index contributed by atoms with van der Waals surface area (Å²) in [6.07, 6.45) is 1.32. The van der Waals surface area contributed by atoms with E-state index in [4.69, 9.17) is 21.1 Å². The zero-order valence-electron chi connectivity index (χ0n) is 34.1. The highest BCUT2D eigenvalue weighted by molar-refractivity contribution is 6.31. The number of nitrogens with one attached hydrogen (secondary N) is 1. The van der Waals surface area contributed by atoms with Crippen LogP contribution < -0.4 is 10.2 Å². The molecule has 13 heteroatoms. The number of aromatic nitrogens is 3. The van der Waals surface area contributed by atoms with Gasteiger partial charge in [0.15, 0.2) is 0 Å². The predicted molar refractivity (Wildman–Crippen MR) is 230 cm³/mol. The Morgan fingerprint density at radius 3 is 2.00 bits per heavy atom. The van der Waals surface area contributed by atoms with Crippen LogP contribution in [0.15, 0.2) is 109 Å². The van der Waals surface area contributed by atoms with E-state index in [-0.39, 0.29) is 41.4 Å². The van der Waals surface area contributed by atoms with Gasteiger partial charge >= 0.3 is 11.9 Å². The zero-order chi connectivity index (χ0) is 43.0. The number of carbonyl (C=O) groups is 3. The first-order valence-corrected chi connectivity index (χ1v) is 19.3. The summed E-state index contributed by atoms with van der Waals surface area (Å²) in [5.41, 5.74) is 8.09. The summed E-state index contributed by atoms with van der Waals surface area (Å²) in [7, 11) is 1.95. The quantitative estimate of drug-likeness (QED) is 0.0573. The summed E-state index contributed by atoms with van der Waals surface area (Å²) in [5.74, 6) is -1.27. The van der Waals surface area contributed by atoms with Gasteiger partial charge in [0.1, 0.15) is 40.7 Å². The fourth-order valence-electron chi connectivity index (χ4n) is 6.34. The van der Waals surface area contributed by atoms with Crippen molar-refractivity contribution in [2.24, 2.45) is 0 Å². The Kier molecular flexibility index (Phi) is 13.8. The Bertz CT molecular complexity index is 2480. The molecule has 1 aromatic heterocycles. The summed E-state index contributed by atoms with van der Waals surface area (Å²) in [6, 6.07) is 26.5. The number of halogens is 1. The van der Waals surface area contributed by atoms with Gasteiger partial charge in [0.2, 0.25) is 0 Å². The Hall–Kier alpha value is -6.71. The third-order valence-corrected chi connectivity index (χ3v) is 9.57. The zero-order valence-corrected chi connectivity index (χ0v) is 34.8. The highest BCUT2D eigenvalue weighted by Crippen LogP contribution is 2.45. The second kappa shape index (κ2) is 18.7. The summed E-state index contributed by atoms with van der Waals surface area (Å²) < 4.78 is 10.2. The molecular weight excluding hydrogens is 768 g/mol. The number of carbonyl (C=O) groups excluding carboxylic acids is 3. The SMILES string of the molecule is C=C(C)C(=O)OCCCc1cc(-n2nc3ccc(Cl)cc3n2)c(O)c(C(C)(C)C)c1.C=C(C)C(=O)OCCNC(=O)C(C#N)=C1c2ccccc2N(C)c2ccccc21. The molecule has 1 aliphatic rings. The second-order valence-electron chi connectivity index (χ2n) is 15.0. The van der Waals surface area contributed by atoms with Crippen LogP contribution in [0.25, 0.3) is 22.3 Å². The van der Waals surface area contributed by atoms with Gasteiger partial charge in [0.25, 0.3) is 5.91 Å². The molecule has 0 unspecified atom stereocenters. The normalized spacial score (nSPS) is 11.6. The van der Waals surface area contributed by atoms with E-state index >= 15 is 0 Å². The fraction of sp³-hybridized carbons (Fsp3) is 0.261. The number of phenols is 1. The first kappa shape index (κ1) is 43.4. The molecular formula is C46H47ClN6O6. The van der Waals surface area contributed by atoms with E-state index in [9.17, 15) is 24.8 Å². The molecule has 6 rings (SSSR count). The van der Waals surface area contributed by atoms with E-state index in [1.54, 1.807) is 32.0 Å². The molecule has 0 bridgehead atoms. The van der Waals surface area contributed by atoms with Crippen LogP contribution in [0.3, 0.4) is 0 Å². The molecule has 12 nitrogen and oxygen atoms in total. The van der Waals surface area contributed by atoms with Gasteiger partial charge in [-0.05, 0) is 74.1 Å². The number of phenolic OH excluding ortho intramolecular Hbond substituents is 1. The molecule has 0 saturated heterocycles. The molecule has 59 heavy (non-hydrogen) atoms. The lowest BCUT2D eigenvalue weighted by molar-refractivity contribution is -0.139. The van der Waals surface area contributed by atoms with Crippen molar-refractivity contribution < 1.29 is 29.0 Å². The summed E-state index contributed by atoms with van der Waals surface area (Å²) in [4.78, 5) is 39.2. The molecule has 0 spiro atoms. The van der Waals surface area contributed by atoms with Gasteiger partial charge in [-0.1, -0.05) is 88.0 Å². The van der Waals surface area contributed by atoms with E-state index in [0.29, 0.717) is 52.3 Å². The van der Waals surface area contributed by atoms with Gasteiger partial charge in [0, 0.05) is 56.9 Å². The van der Waals surface area contributed by atoms with Crippen LogP contribution in [0.1, 0.15) is 63.3 Å². The molecule has 0 radical (unpaired) electrons. The van der Waals surface area contributed by atoms with Crippen molar-refractivity contribution in [2.45, 2.75) is 52.9 Å². The number of para-hydroxylation sites is 2. The van der Waals surface area contributed by atoms with E-state index in [0.717, 1.165) is 33.6 Å². The number of hydrogen-bond acceptors (Lipinski definition) is 10.